The first-order valence-corrected chi connectivity index (χ1v) is 9.99. The number of thioether (sulfide) groups is 1. The zero-order valence-electron chi connectivity index (χ0n) is 14.3. The molecular weight excluding hydrogens is 326 g/mol. The number of carbonyl (C=O) groups is 1. The van der Waals surface area contributed by atoms with Crippen molar-refractivity contribution in [3.8, 4) is 0 Å². The van der Waals surface area contributed by atoms with Crippen molar-refractivity contribution in [3.05, 3.63) is 83.6 Å². The van der Waals surface area contributed by atoms with Gasteiger partial charge in [-0.2, -0.15) is 0 Å². The molecule has 2 heterocycles. The van der Waals surface area contributed by atoms with Gasteiger partial charge in [0.05, 0.1) is 11.3 Å². The highest BCUT2D eigenvalue weighted by Gasteiger charge is 2.67. The molecule has 2 aromatic carbocycles. The highest BCUT2D eigenvalue weighted by Crippen LogP contribution is 2.65. The van der Waals surface area contributed by atoms with Crippen molar-refractivity contribution < 1.29 is 4.79 Å². The van der Waals surface area contributed by atoms with Gasteiger partial charge in [-0.15, -0.1) is 11.8 Å². The zero-order valence-corrected chi connectivity index (χ0v) is 15.1. The van der Waals surface area contributed by atoms with Crippen LogP contribution < -0.4 is 0 Å². The molecule has 2 aromatic rings. The normalized spacial score (nSPS) is 29.5. The van der Waals surface area contributed by atoms with E-state index in [1.54, 1.807) is 0 Å². The lowest BCUT2D eigenvalue weighted by molar-refractivity contribution is -0.147. The van der Waals surface area contributed by atoms with Crippen LogP contribution in [0.15, 0.2) is 72.4 Å². The smallest absolute Gasteiger partial charge is 0.233 e. The van der Waals surface area contributed by atoms with Gasteiger partial charge in [0.25, 0.3) is 0 Å². The van der Waals surface area contributed by atoms with Crippen molar-refractivity contribution in [3.63, 3.8) is 0 Å². The Hall–Kier alpha value is -2.00. The van der Waals surface area contributed by atoms with Gasteiger partial charge >= 0.3 is 0 Å². The van der Waals surface area contributed by atoms with Crippen LogP contribution in [0.4, 0.5) is 0 Å². The number of hydrogen-bond donors (Lipinski definition) is 0. The third-order valence-corrected chi connectivity index (χ3v) is 7.47. The maximum Gasteiger partial charge on any atom is 0.233 e. The first kappa shape index (κ1) is 15.3. The lowest BCUT2D eigenvalue weighted by atomic mass is 9.80. The average molecular weight is 347 g/mol. The van der Waals surface area contributed by atoms with Crippen molar-refractivity contribution in [2.45, 2.75) is 24.1 Å². The fourth-order valence-electron chi connectivity index (χ4n) is 4.72. The molecule has 2 nitrogen and oxygen atoms in total. The van der Waals surface area contributed by atoms with Crippen molar-refractivity contribution >= 4 is 17.7 Å². The van der Waals surface area contributed by atoms with E-state index >= 15 is 0 Å². The molecule has 3 aliphatic rings. The fourth-order valence-corrected chi connectivity index (χ4v) is 6.06. The van der Waals surface area contributed by atoms with E-state index in [0.717, 1.165) is 12.2 Å². The molecule has 0 aromatic heterocycles. The topological polar surface area (TPSA) is 20.3 Å². The van der Waals surface area contributed by atoms with E-state index in [2.05, 4.69) is 73.8 Å². The minimum Gasteiger partial charge on any atom is -0.305 e. The van der Waals surface area contributed by atoms with Crippen LogP contribution in [0.3, 0.4) is 0 Å². The molecule has 1 saturated carbocycles. The Balaban J connectivity index is 1.53. The molecule has 0 radical (unpaired) electrons. The summed E-state index contributed by atoms with van der Waals surface area (Å²) in [7, 11) is 0. The van der Waals surface area contributed by atoms with Gasteiger partial charge in [-0.25, -0.2) is 0 Å². The van der Waals surface area contributed by atoms with E-state index in [1.165, 1.54) is 16.7 Å². The number of amides is 1. The molecule has 0 spiro atoms. The van der Waals surface area contributed by atoms with Crippen LogP contribution in [0.2, 0.25) is 0 Å². The Morgan fingerprint density at radius 1 is 1.00 bits per heavy atom. The van der Waals surface area contributed by atoms with Crippen molar-refractivity contribution in [2.75, 3.05) is 5.75 Å². The highest BCUT2D eigenvalue weighted by atomic mass is 32.2. The van der Waals surface area contributed by atoms with Crippen molar-refractivity contribution in [2.24, 2.45) is 11.8 Å². The van der Waals surface area contributed by atoms with Gasteiger partial charge in [0.2, 0.25) is 5.91 Å². The Labute approximate surface area is 152 Å². The van der Waals surface area contributed by atoms with Gasteiger partial charge in [-0.1, -0.05) is 60.7 Å². The fraction of sp³-hybridized carbons (Fsp3) is 0.318. The van der Waals surface area contributed by atoms with Crippen LogP contribution in [0.1, 0.15) is 24.5 Å². The monoisotopic (exact) mass is 347 g/mol. The second-order valence-corrected chi connectivity index (χ2v) is 8.57. The number of rotatable bonds is 3. The highest BCUT2D eigenvalue weighted by molar-refractivity contribution is 8.00. The average Bonchev–Trinajstić information content (AvgIpc) is 3.40. The van der Waals surface area contributed by atoms with Gasteiger partial charge in [-0.05, 0) is 36.0 Å². The second-order valence-electron chi connectivity index (χ2n) is 7.46. The van der Waals surface area contributed by atoms with E-state index < -0.39 is 0 Å². The molecule has 1 aliphatic carbocycles. The molecule has 126 valence electrons. The summed E-state index contributed by atoms with van der Waals surface area (Å²) < 4.78 is 0. The Morgan fingerprint density at radius 3 is 2.20 bits per heavy atom. The molecule has 1 saturated heterocycles. The maximum absolute atomic E-state index is 12.8. The third kappa shape index (κ3) is 2.15. The summed E-state index contributed by atoms with van der Waals surface area (Å²) >= 11 is 1.93. The molecule has 2 unspecified atom stereocenters. The first-order chi connectivity index (χ1) is 12.2. The molecule has 25 heavy (non-hydrogen) atoms. The van der Waals surface area contributed by atoms with E-state index in [4.69, 9.17) is 0 Å². The molecule has 2 aliphatic heterocycles. The molecule has 3 heteroatoms. The molecule has 2 fully saturated rings. The predicted octanol–water partition coefficient (Wildman–Crippen LogP) is 4.43. The summed E-state index contributed by atoms with van der Waals surface area (Å²) in [6, 6.07) is 21.5. The molecule has 0 N–H and O–H groups in total. The minimum absolute atomic E-state index is 0.00566. The summed E-state index contributed by atoms with van der Waals surface area (Å²) in [6.45, 7) is 2.11. The maximum atomic E-state index is 12.8. The predicted molar refractivity (Wildman–Crippen MR) is 102 cm³/mol. The molecule has 0 bridgehead atoms. The van der Waals surface area contributed by atoms with Gasteiger partial charge in [-0.3, -0.25) is 4.79 Å². The van der Waals surface area contributed by atoms with Crippen molar-refractivity contribution in [1.82, 2.24) is 4.90 Å². The molecule has 1 amide bonds. The summed E-state index contributed by atoms with van der Waals surface area (Å²) in [5.41, 5.74) is 4.00. The number of hydrogen-bond acceptors (Lipinski definition) is 2. The number of fused-ring (bicyclic) bond motifs is 1. The van der Waals surface area contributed by atoms with E-state index in [0.29, 0.717) is 17.2 Å². The van der Waals surface area contributed by atoms with Gasteiger partial charge in [0, 0.05) is 17.4 Å². The second kappa shape index (κ2) is 5.50. The number of carbonyl (C=O) groups excluding carboxylic acids is 1. The first-order valence-electron chi connectivity index (χ1n) is 8.94. The van der Waals surface area contributed by atoms with Gasteiger partial charge in [0.1, 0.15) is 0 Å². The number of nitrogens with zero attached hydrogens (tertiary/aromatic N) is 1. The summed E-state index contributed by atoms with van der Waals surface area (Å²) in [4.78, 5) is 14.8. The Bertz CT molecular complexity index is 805. The van der Waals surface area contributed by atoms with E-state index in [1.807, 2.05) is 16.7 Å². The Kier molecular flexibility index (Phi) is 3.36. The largest absolute Gasteiger partial charge is 0.305 e. The van der Waals surface area contributed by atoms with Gasteiger partial charge < -0.3 is 4.90 Å². The third-order valence-electron chi connectivity index (χ3n) is 5.99. The number of benzene rings is 2. The lowest BCUT2D eigenvalue weighted by Crippen LogP contribution is -2.59. The van der Waals surface area contributed by atoms with Crippen LogP contribution in [0.25, 0.3) is 0 Å². The molecule has 3 atom stereocenters. The standard InChI is InChI=1S/C22H21NOS/c1-15-13-23-20(24)19(21(23)25-14-15)18-12-22(18,16-8-4-2-5-9-16)17-10-6-3-7-11-17/h2-11,13,18-19,21H,12,14H2,1H3/t18?,19?,21-/m0/s1. The summed E-state index contributed by atoms with van der Waals surface area (Å²) in [6.07, 6.45) is 3.14. The summed E-state index contributed by atoms with van der Waals surface area (Å²) in [5, 5.41) is 0.329. The summed E-state index contributed by atoms with van der Waals surface area (Å²) in [5.74, 6) is 1.91. The molecule has 5 rings (SSSR count). The van der Waals surface area contributed by atoms with Crippen LogP contribution >= 0.6 is 11.8 Å². The van der Waals surface area contributed by atoms with Crippen LogP contribution in [-0.4, -0.2) is 21.9 Å². The van der Waals surface area contributed by atoms with Crippen LogP contribution in [0, 0.1) is 11.8 Å². The Morgan fingerprint density at radius 2 is 1.60 bits per heavy atom. The zero-order chi connectivity index (χ0) is 17.0. The van der Waals surface area contributed by atoms with Crippen LogP contribution in [0.5, 0.6) is 0 Å². The quantitative estimate of drug-likeness (QED) is 0.766. The minimum atomic E-state index is 0.00566. The van der Waals surface area contributed by atoms with Crippen LogP contribution in [-0.2, 0) is 10.2 Å². The SMILES string of the molecule is CC1=CN2C(=O)C(C3CC3(c3ccccc3)c3ccccc3)[C@@H]2SC1. The van der Waals surface area contributed by atoms with E-state index in [-0.39, 0.29) is 11.3 Å². The lowest BCUT2D eigenvalue weighted by Gasteiger charge is -2.48. The van der Waals surface area contributed by atoms with Crippen molar-refractivity contribution in [1.29, 1.82) is 0 Å². The number of β-lactam (4-membered cyclic amide) rings is 1. The van der Waals surface area contributed by atoms with Gasteiger partial charge in [0.15, 0.2) is 0 Å². The molecular formula is C22H21NOS. The van der Waals surface area contributed by atoms with E-state index in [9.17, 15) is 4.79 Å².